The summed E-state index contributed by atoms with van der Waals surface area (Å²) in [5.74, 6) is -1.55. The number of hydrogen-bond donors (Lipinski definition) is 3. The molecular formula is C8H6N4O3S2. The highest BCUT2D eigenvalue weighted by molar-refractivity contribution is 7.17. The van der Waals surface area contributed by atoms with Gasteiger partial charge in [0.25, 0.3) is 5.91 Å². The van der Waals surface area contributed by atoms with Crippen molar-refractivity contribution in [1.82, 2.24) is 9.97 Å². The van der Waals surface area contributed by atoms with Crippen LogP contribution in [0.25, 0.3) is 0 Å². The molecule has 0 saturated carbocycles. The number of anilines is 2. The van der Waals surface area contributed by atoms with Crippen LogP contribution < -0.4 is 11.1 Å². The van der Waals surface area contributed by atoms with E-state index in [2.05, 4.69) is 15.3 Å². The Morgan fingerprint density at radius 1 is 1.47 bits per heavy atom. The van der Waals surface area contributed by atoms with Gasteiger partial charge in [-0.05, 0) is 0 Å². The monoisotopic (exact) mass is 270 g/mol. The van der Waals surface area contributed by atoms with Gasteiger partial charge in [-0.2, -0.15) is 0 Å². The molecule has 2 aromatic rings. The molecule has 0 aromatic carbocycles. The second-order valence-corrected chi connectivity index (χ2v) is 4.78. The number of carbonyl (C=O) groups excluding carboxylic acids is 1. The molecule has 0 aliphatic heterocycles. The molecule has 7 nitrogen and oxygen atoms in total. The number of nitrogens with one attached hydrogen (secondary N) is 1. The first-order valence-electron chi connectivity index (χ1n) is 4.27. The van der Waals surface area contributed by atoms with E-state index < -0.39 is 11.9 Å². The first-order chi connectivity index (χ1) is 8.06. The quantitative estimate of drug-likeness (QED) is 0.769. The zero-order valence-electron chi connectivity index (χ0n) is 8.21. The zero-order valence-corrected chi connectivity index (χ0v) is 9.84. The maximum absolute atomic E-state index is 11.6. The number of carboxylic acid groups (broad SMARTS) is 1. The number of nitrogens with two attached hydrogens (primary N) is 1. The van der Waals surface area contributed by atoms with Crippen LogP contribution in [0, 0.1) is 0 Å². The van der Waals surface area contributed by atoms with Crippen LogP contribution in [0.5, 0.6) is 0 Å². The van der Waals surface area contributed by atoms with E-state index >= 15 is 0 Å². The summed E-state index contributed by atoms with van der Waals surface area (Å²) in [6.45, 7) is 0. The van der Waals surface area contributed by atoms with Crippen molar-refractivity contribution in [1.29, 1.82) is 0 Å². The van der Waals surface area contributed by atoms with Crippen LogP contribution in [0.3, 0.4) is 0 Å². The van der Waals surface area contributed by atoms with Crippen LogP contribution in [-0.4, -0.2) is 27.0 Å². The van der Waals surface area contributed by atoms with Crippen LogP contribution in [-0.2, 0) is 0 Å². The second-order valence-electron chi connectivity index (χ2n) is 2.86. The molecule has 9 heteroatoms. The molecule has 0 spiro atoms. The van der Waals surface area contributed by atoms with Crippen molar-refractivity contribution >= 4 is 44.8 Å². The number of hydrogen-bond acceptors (Lipinski definition) is 7. The summed E-state index contributed by atoms with van der Waals surface area (Å²) in [4.78, 5) is 29.8. The average Bonchev–Trinajstić information content (AvgIpc) is 2.86. The van der Waals surface area contributed by atoms with E-state index in [1.54, 1.807) is 0 Å². The lowest BCUT2D eigenvalue weighted by molar-refractivity contribution is 0.0701. The third kappa shape index (κ3) is 2.57. The number of aromatic carboxylic acids is 1. The molecule has 0 saturated heterocycles. The van der Waals surface area contributed by atoms with Crippen LogP contribution in [0.4, 0.5) is 10.3 Å². The Morgan fingerprint density at radius 2 is 2.24 bits per heavy atom. The SMILES string of the molecule is Nc1nc(C(=O)Nc2ncc(C(=O)O)s2)cs1. The molecule has 2 heterocycles. The van der Waals surface area contributed by atoms with Crippen LogP contribution in [0.15, 0.2) is 11.6 Å². The molecule has 4 N–H and O–H groups in total. The average molecular weight is 270 g/mol. The Balaban J connectivity index is 2.10. The second kappa shape index (κ2) is 4.47. The number of nitrogen functional groups attached to an aromatic ring is 1. The summed E-state index contributed by atoms with van der Waals surface area (Å²) in [6.07, 6.45) is 1.18. The summed E-state index contributed by atoms with van der Waals surface area (Å²) < 4.78 is 0. The highest BCUT2D eigenvalue weighted by atomic mass is 32.1. The topological polar surface area (TPSA) is 118 Å². The molecule has 0 unspecified atom stereocenters. The smallest absolute Gasteiger partial charge is 0.347 e. The van der Waals surface area contributed by atoms with E-state index in [1.165, 1.54) is 11.6 Å². The van der Waals surface area contributed by atoms with E-state index in [-0.39, 0.29) is 15.7 Å². The van der Waals surface area contributed by atoms with E-state index in [0.717, 1.165) is 22.7 Å². The van der Waals surface area contributed by atoms with Gasteiger partial charge in [0.2, 0.25) is 0 Å². The normalized spacial score (nSPS) is 10.1. The Kier molecular flexibility index (Phi) is 3.02. The van der Waals surface area contributed by atoms with Crippen molar-refractivity contribution in [2.45, 2.75) is 0 Å². The number of aromatic nitrogens is 2. The van der Waals surface area contributed by atoms with Gasteiger partial charge in [-0.15, -0.1) is 11.3 Å². The first kappa shape index (κ1) is 11.5. The lowest BCUT2D eigenvalue weighted by atomic mass is 10.5. The summed E-state index contributed by atoms with van der Waals surface area (Å²) in [5.41, 5.74) is 5.57. The highest BCUT2D eigenvalue weighted by Crippen LogP contribution is 2.19. The predicted octanol–water partition coefficient (Wildman–Crippen LogP) is 1.13. The van der Waals surface area contributed by atoms with E-state index in [4.69, 9.17) is 10.8 Å². The summed E-state index contributed by atoms with van der Waals surface area (Å²) >= 11 is 2.02. The number of carboxylic acids is 1. The molecular weight excluding hydrogens is 264 g/mol. The lowest BCUT2D eigenvalue weighted by Gasteiger charge is -1.96. The van der Waals surface area contributed by atoms with Gasteiger partial charge in [-0.3, -0.25) is 10.1 Å². The largest absolute Gasteiger partial charge is 0.477 e. The third-order valence-electron chi connectivity index (χ3n) is 1.69. The summed E-state index contributed by atoms with van der Waals surface area (Å²) in [5, 5.41) is 13.1. The maximum Gasteiger partial charge on any atom is 0.347 e. The molecule has 0 aliphatic carbocycles. The first-order valence-corrected chi connectivity index (χ1v) is 5.97. The fraction of sp³-hybridized carbons (Fsp3) is 0. The summed E-state index contributed by atoms with van der Waals surface area (Å²) in [6, 6.07) is 0. The zero-order chi connectivity index (χ0) is 12.4. The Morgan fingerprint density at radius 3 is 2.76 bits per heavy atom. The Hall–Kier alpha value is -2.00. The lowest BCUT2D eigenvalue weighted by Crippen LogP contribution is -2.12. The van der Waals surface area contributed by atoms with Crippen molar-refractivity contribution < 1.29 is 14.7 Å². The van der Waals surface area contributed by atoms with Gasteiger partial charge in [0, 0.05) is 5.38 Å². The fourth-order valence-electron chi connectivity index (χ4n) is 0.984. The third-order valence-corrected chi connectivity index (χ3v) is 3.27. The van der Waals surface area contributed by atoms with E-state index in [1.807, 2.05) is 0 Å². The van der Waals surface area contributed by atoms with Crippen LogP contribution in [0.1, 0.15) is 20.2 Å². The van der Waals surface area contributed by atoms with E-state index in [0.29, 0.717) is 5.13 Å². The molecule has 0 radical (unpaired) electrons. The molecule has 88 valence electrons. The molecule has 1 amide bonds. The predicted molar refractivity (Wildman–Crippen MR) is 63.6 cm³/mol. The van der Waals surface area contributed by atoms with E-state index in [9.17, 15) is 9.59 Å². The van der Waals surface area contributed by atoms with Crippen LogP contribution in [0.2, 0.25) is 0 Å². The molecule has 0 atom stereocenters. The molecule has 2 rings (SSSR count). The molecule has 17 heavy (non-hydrogen) atoms. The standard InChI is InChI=1S/C8H6N4O3S2/c9-7-11-3(2-16-7)5(13)12-8-10-1-4(17-8)6(14)15/h1-2H,(H2,9,11)(H,14,15)(H,10,12,13). The number of rotatable bonds is 3. The number of carbonyl (C=O) groups is 2. The fourth-order valence-corrected chi connectivity index (χ4v) is 2.18. The molecule has 0 fully saturated rings. The van der Waals surface area contributed by atoms with Gasteiger partial charge in [-0.25, -0.2) is 14.8 Å². The minimum atomic E-state index is -1.08. The van der Waals surface area contributed by atoms with Gasteiger partial charge >= 0.3 is 5.97 Å². The van der Waals surface area contributed by atoms with Gasteiger partial charge in [-0.1, -0.05) is 11.3 Å². The maximum atomic E-state index is 11.6. The Labute approximate surface area is 103 Å². The molecule has 2 aromatic heterocycles. The minimum Gasteiger partial charge on any atom is -0.477 e. The van der Waals surface area contributed by atoms with Crippen molar-refractivity contribution in [2.75, 3.05) is 11.1 Å². The van der Waals surface area contributed by atoms with Crippen molar-refractivity contribution in [2.24, 2.45) is 0 Å². The van der Waals surface area contributed by atoms with Crippen LogP contribution >= 0.6 is 22.7 Å². The van der Waals surface area contributed by atoms with Crippen molar-refractivity contribution in [3.05, 3.63) is 22.1 Å². The highest BCUT2D eigenvalue weighted by Gasteiger charge is 2.14. The van der Waals surface area contributed by atoms with Crippen molar-refractivity contribution in [3.8, 4) is 0 Å². The molecule has 0 aliphatic rings. The van der Waals surface area contributed by atoms with Crippen molar-refractivity contribution in [3.63, 3.8) is 0 Å². The molecule has 0 bridgehead atoms. The van der Waals surface area contributed by atoms with Gasteiger partial charge in [0.05, 0.1) is 6.20 Å². The minimum absolute atomic E-state index is 0.0538. The van der Waals surface area contributed by atoms with Gasteiger partial charge in [0.1, 0.15) is 10.6 Å². The number of amides is 1. The Bertz CT molecular complexity index is 577. The number of nitrogens with zero attached hydrogens (tertiary/aromatic N) is 2. The van der Waals surface area contributed by atoms with Gasteiger partial charge < -0.3 is 10.8 Å². The summed E-state index contributed by atoms with van der Waals surface area (Å²) in [7, 11) is 0. The van der Waals surface area contributed by atoms with Gasteiger partial charge in [0.15, 0.2) is 10.3 Å². The number of thiazole rings is 2.